The number of nitrogens with one attached hydrogen (secondary N) is 2. The molecule has 0 aromatic heterocycles. The fourth-order valence-corrected chi connectivity index (χ4v) is 2.60. The lowest BCUT2D eigenvalue weighted by atomic mass is 9.82. The van der Waals surface area contributed by atoms with Gasteiger partial charge in [0.15, 0.2) is 0 Å². The average Bonchev–Trinajstić information content (AvgIpc) is 2.02. The summed E-state index contributed by atoms with van der Waals surface area (Å²) in [6.07, 6.45) is 5.65. The largest absolute Gasteiger partial charge is 0.317 e. The van der Waals surface area contributed by atoms with Gasteiger partial charge in [0, 0.05) is 6.04 Å². The molecule has 2 saturated heterocycles. The molecular formula is C11H22N2. The first-order chi connectivity index (χ1) is 6.36. The number of hydrogen-bond donors (Lipinski definition) is 2. The van der Waals surface area contributed by atoms with E-state index in [4.69, 9.17) is 0 Å². The van der Waals surface area contributed by atoms with E-state index in [1.807, 2.05) is 0 Å². The van der Waals surface area contributed by atoms with E-state index < -0.39 is 0 Å². The lowest BCUT2D eigenvalue weighted by Crippen LogP contribution is -2.47. The van der Waals surface area contributed by atoms with Crippen molar-refractivity contribution < 1.29 is 0 Å². The highest BCUT2D eigenvalue weighted by atomic mass is 15.0. The highest BCUT2D eigenvalue weighted by Crippen LogP contribution is 2.25. The summed E-state index contributed by atoms with van der Waals surface area (Å²) in [5, 5.41) is 6.95. The second kappa shape index (κ2) is 4.43. The predicted octanol–water partition coefficient (Wildman–Crippen LogP) is 1.37. The molecule has 2 unspecified atom stereocenters. The van der Waals surface area contributed by atoms with Crippen LogP contribution in [-0.4, -0.2) is 25.7 Å². The van der Waals surface area contributed by atoms with E-state index in [0.717, 1.165) is 17.9 Å². The summed E-state index contributed by atoms with van der Waals surface area (Å²) in [4.78, 5) is 0. The zero-order chi connectivity index (χ0) is 9.10. The smallest absolute Gasteiger partial charge is 0.0105 e. The first-order valence-electron chi connectivity index (χ1n) is 5.80. The minimum Gasteiger partial charge on any atom is -0.317 e. The van der Waals surface area contributed by atoms with Crippen molar-refractivity contribution in [1.29, 1.82) is 0 Å². The van der Waals surface area contributed by atoms with Gasteiger partial charge < -0.3 is 10.6 Å². The van der Waals surface area contributed by atoms with Gasteiger partial charge in [0.2, 0.25) is 0 Å². The number of hydrogen-bond acceptors (Lipinski definition) is 2. The fraction of sp³-hybridized carbons (Fsp3) is 1.00. The quantitative estimate of drug-likeness (QED) is 0.689. The summed E-state index contributed by atoms with van der Waals surface area (Å²) < 4.78 is 0. The molecule has 0 aromatic carbocycles. The molecule has 0 bridgehead atoms. The van der Waals surface area contributed by atoms with Gasteiger partial charge in [0.05, 0.1) is 0 Å². The lowest BCUT2D eigenvalue weighted by Gasteiger charge is -2.36. The van der Waals surface area contributed by atoms with Crippen molar-refractivity contribution in [3.05, 3.63) is 0 Å². The summed E-state index contributed by atoms with van der Waals surface area (Å²) in [6, 6.07) is 0.842. The van der Waals surface area contributed by atoms with E-state index in [1.54, 1.807) is 0 Å². The average molecular weight is 182 g/mol. The van der Waals surface area contributed by atoms with Crippen molar-refractivity contribution in [2.24, 2.45) is 11.8 Å². The Morgan fingerprint density at radius 1 is 1.15 bits per heavy atom. The standard InChI is InChI=1S/C11H22N2/c1-9(11-4-7-13-11)8-10-2-5-12-6-3-10/h9-13H,2-8H2,1H3. The molecule has 0 radical (unpaired) electrons. The van der Waals surface area contributed by atoms with Crippen LogP contribution in [0.25, 0.3) is 0 Å². The Bertz CT molecular complexity index is 148. The molecule has 2 aliphatic heterocycles. The summed E-state index contributed by atoms with van der Waals surface area (Å²) in [6.45, 7) is 6.16. The fourth-order valence-electron chi connectivity index (χ4n) is 2.60. The molecule has 2 heteroatoms. The van der Waals surface area contributed by atoms with E-state index in [-0.39, 0.29) is 0 Å². The third kappa shape index (κ3) is 2.44. The van der Waals surface area contributed by atoms with Gasteiger partial charge in [0.1, 0.15) is 0 Å². The lowest BCUT2D eigenvalue weighted by molar-refractivity contribution is 0.217. The third-order valence-corrected chi connectivity index (χ3v) is 3.71. The highest BCUT2D eigenvalue weighted by Gasteiger charge is 2.25. The minimum atomic E-state index is 0.842. The van der Waals surface area contributed by atoms with Crippen molar-refractivity contribution in [2.75, 3.05) is 19.6 Å². The Morgan fingerprint density at radius 3 is 2.38 bits per heavy atom. The molecule has 2 atom stereocenters. The molecule has 76 valence electrons. The summed E-state index contributed by atoms with van der Waals surface area (Å²) in [5.41, 5.74) is 0. The van der Waals surface area contributed by atoms with Crippen molar-refractivity contribution in [1.82, 2.24) is 10.6 Å². The van der Waals surface area contributed by atoms with Crippen molar-refractivity contribution in [3.63, 3.8) is 0 Å². The number of rotatable bonds is 3. The Kier molecular flexibility index (Phi) is 3.23. The van der Waals surface area contributed by atoms with Crippen molar-refractivity contribution >= 4 is 0 Å². The molecule has 2 nitrogen and oxygen atoms in total. The molecule has 2 heterocycles. The molecule has 13 heavy (non-hydrogen) atoms. The first-order valence-corrected chi connectivity index (χ1v) is 5.80. The molecule has 2 aliphatic rings. The molecule has 0 aliphatic carbocycles. The Hall–Kier alpha value is -0.0800. The van der Waals surface area contributed by atoms with Crippen LogP contribution >= 0.6 is 0 Å². The topological polar surface area (TPSA) is 24.1 Å². The summed E-state index contributed by atoms with van der Waals surface area (Å²) >= 11 is 0. The van der Waals surface area contributed by atoms with E-state index >= 15 is 0 Å². The van der Waals surface area contributed by atoms with E-state index in [2.05, 4.69) is 17.6 Å². The van der Waals surface area contributed by atoms with Crippen LogP contribution < -0.4 is 10.6 Å². The monoisotopic (exact) mass is 182 g/mol. The van der Waals surface area contributed by atoms with Crippen LogP contribution in [0.1, 0.15) is 32.6 Å². The van der Waals surface area contributed by atoms with Crippen molar-refractivity contribution in [2.45, 2.75) is 38.6 Å². The Morgan fingerprint density at radius 2 is 1.85 bits per heavy atom. The minimum absolute atomic E-state index is 0.842. The zero-order valence-electron chi connectivity index (χ0n) is 8.68. The maximum absolute atomic E-state index is 3.52. The maximum atomic E-state index is 3.52. The Balaban J connectivity index is 1.69. The van der Waals surface area contributed by atoms with Gasteiger partial charge in [-0.2, -0.15) is 0 Å². The van der Waals surface area contributed by atoms with Crippen LogP contribution in [0.2, 0.25) is 0 Å². The maximum Gasteiger partial charge on any atom is 0.0105 e. The summed E-state index contributed by atoms with van der Waals surface area (Å²) in [5.74, 6) is 1.90. The van der Waals surface area contributed by atoms with Crippen LogP contribution in [0.15, 0.2) is 0 Å². The molecule has 2 N–H and O–H groups in total. The third-order valence-electron chi connectivity index (χ3n) is 3.71. The van der Waals surface area contributed by atoms with E-state index in [9.17, 15) is 0 Å². The molecule has 0 saturated carbocycles. The second-order valence-corrected chi connectivity index (χ2v) is 4.76. The predicted molar refractivity (Wildman–Crippen MR) is 55.8 cm³/mol. The normalized spacial score (nSPS) is 32.5. The zero-order valence-corrected chi connectivity index (χ0v) is 8.68. The van der Waals surface area contributed by atoms with Gasteiger partial charge >= 0.3 is 0 Å². The molecule has 0 amide bonds. The molecular weight excluding hydrogens is 160 g/mol. The van der Waals surface area contributed by atoms with E-state index in [0.29, 0.717) is 0 Å². The van der Waals surface area contributed by atoms with Gasteiger partial charge in [-0.15, -0.1) is 0 Å². The van der Waals surface area contributed by atoms with Crippen LogP contribution in [0.5, 0.6) is 0 Å². The highest BCUT2D eigenvalue weighted by molar-refractivity contribution is 4.84. The SMILES string of the molecule is CC(CC1CCNCC1)C1CCN1. The van der Waals surface area contributed by atoms with Crippen LogP contribution in [-0.2, 0) is 0 Å². The molecule has 0 aromatic rings. The van der Waals surface area contributed by atoms with Crippen LogP contribution in [0.3, 0.4) is 0 Å². The van der Waals surface area contributed by atoms with Gasteiger partial charge in [-0.25, -0.2) is 0 Å². The molecule has 2 fully saturated rings. The van der Waals surface area contributed by atoms with Gasteiger partial charge in [-0.3, -0.25) is 0 Å². The van der Waals surface area contributed by atoms with Crippen molar-refractivity contribution in [3.8, 4) is 0 Å². The number of piperidine rings is 1. The van der Waals surface area contributed by atoms with Gasteiger partial charge in [0.25, 0.3) is 0 Å². The summed E-state index contributed by atoms with van der Waals surface area (Å²) in [7, 11) is 0. The van der Waals surface area contributed by atoms with Crippen LogP contribution in [0.4, 0.5) is 0 Å². The van der Waals surface area contributed by atoms with E-state index in [1.165, 1.54) is 45.3 Å². The van der Waals surface area contributed by atoms with Gasteiger partial charge in [-0.1, -0.05) is 6.92 Å². The molecule has 2 rings (SSSR count). The molecule has 0 spiro atoms. The van der Waals surface area contributed by atoms with Gasteiger partial charge in [-0.05, 0) is 57.2 Å². The Labute approximate surface area is 81.5 Å². The van der Waals surface area contributed by atoms with Crippen LogP contribution in [0, 0.1) is 11.8 Å². The first kappa shape index (κ1) is 9.47. The second-order valence-electron chi connectivity index (χ2n) is 4.76.